The Morgan fingerprint density at radius 3 is 2.31 bits per heavy atom. The van der Waals surface area contributed by atoms with Crippen molar-refractivity contribution in [2.75, 3.05) is 11.5 Å². The number of thioether (sulfide) groups is 1. The second-order valence-corrected chi connectivity index (χ2v) is 8.87. The quantitative estimate of drug-likeness (QED) is 0.339. The molecule has 0 unspecified atom stereocenters. The third-order valence-corrected chi connectivity index (χ3v) is 6.08. The fourth-order valence-electron chi connectivity index (χ4n) is 3.08. The Balaban J connectivity index is 1.75. The van der Waals surface area contributed by atoms with Gasteiger partial charge >= 0.3 is 0 Å². The number of benzene rings is 3. The predicted octanol–water partition coefficient (Wildman–Crippen LogP) is 7.59. The van der Waals surface area contributed by atoms with Gasteiger partial charge in [-0.3, -0.25) is 9.69 Å². The lowest BCUT2D eigenvalue weighted by molar-refractivity contribution is -0.113. The number of hydrogen-bond acceptors (Lipinski definition) is 4. The maximum absolute atomic E-state index is 13.4. The lowest BCUT2D eigenvalue weighted by Crippen LogP contribution is -2.28. The van der Waals surface area contributed by atoms with Crippen LogP contribution in [0.15, 0.2) is 82.7 Å². The Morgan fingerprint density at radius 2 is 1.62 bits per heavy atom. The number of para-hydroxylation sites is 1. The molecule has 1 fully saturated rings. The minimum Gasteiger partial charge on any atom is -0.493 e. The Labute approximate surface area is 201 Å². The molecule has 0 N–H and O–H groups in total. The molecule has 3 aromatic carbocycles. The summed E-state index contributed by atoms with van der Waals surface area (Å²) in [6, 6.07) is 22.0. The first-order chi connectivity index (χ1) is 15.5. The lowest BCUT2D eigenvalue weighted by Gasteiger charge is -2.15. The Morgan fingerprint density at radius 1 is 0.969 bits per heavy atom. The molecule has 1 aliphatic heterocycles. The fourth-order valence-corrected chi connectivity index (χ4v) is 4.32. The molecule has 0 saturated carbocycles. The van der Waals surface area contributed by atoms with Crippen molar-refractivity contribution >= 4 is 63.5 Å². The number of hydrogen-bond donors (Lipinski definition) is 0. The van der Waals surface area contributed by atoms with E-state index < -0.39 is 0 Å². The number of anilines is 1. The maximum atomic E-state index is 13.4. The summed E-state index contributed by atoms with van der Waals surface area (Å²) in [7, 11) is 0. The molecule has 4 nitrogen and oxygen atoms in total. The van der Waals surface area contributed by atoms with Gasteiger partial charge in [-0.25, -0.2) is 4.99 Å². The molecule has 0 radical (unpaired) electrons. The van der Waals surface area contributed by atoms with Crippen molar-refractivity contribution < 1.29 is 9.53 Å². The summed E-state index contributed by atoms with van der Waals surface area (Å²) >= 11 is 13.4. The topological polar surface area (TPSA) is 41.9 Å². The molecule has 0 atom stereocenters. The van der Waals surface area contributed by atoms with Gasteiger partial charge in [0.25, 0.3) is 5.91 Å². The Hall–Kier alpha value is -2.73. The number of carbonyl (C=O) groups excluding carboxylic acids is 1. The summed E-state index contributed by atoms with van der Waals surface area (Å²) in [4.78, 5) is 20.3. The summed E-state index contributed by atoms with van der Waals surface area (Å²) in [5, 5.41) is 1.78. The van der Waals surface area contributed by atoms with Crippen LogP contribution in [0, 0.1) is 0 Å². The van der Waals surface area contributed by atoms with Crippen LogP contribution in [0.25, 0.3) is 6.08 Å². The minimum atomic E-state index is -0.157. The average molecular weight is 483 g/mol. The molecule has 3 aromatic rings. The van der Waals surface area contributed by atoms with Gasteiger partial charge in [0.2, 0.25) is 0 Å². The molecule has 0 spiro atoms. The smallest absolute Gasteiger partial charge is 0.271 e. The van der Waals surface area contributed by atoms with E-state index in [0.717, 1.165) is 17.7 Å². The minimum absolute atomic E-state index is 0.157. The van der Waals surface area contributed by atoms with Crippen molar-refractivity contribution in [2.45, 2.75) is 13.3 Å². The van der Waals surface area contributed by atoms with Gasteiger partial charge in [0.15, 0.2) is 5.17 Å². The van der Waals surface area contributed by atoms with Crippen molar-refractivity contribution in [2.24, 2.45) is 4.99 Å². The van der Waals surface area contributed by atoms with Crippen LogP contribution in [-0.2, 0) is 4.79 Å². The number of rotatable bonds is 6. The fraction of sp³-hybridized carbons (Fsp3) is 0.120. The molecular formula is C25H20Cl2N2O2S. The monoisotopic (exact) mass is 482 g/mol. The highest BCUT2D eigenvalue weighted by Crippen LogP contribution is 2.38. The maximum Gasteiger partial charge on any atom is 0.271 e. The van der Waals surface area contributed by atoms with E-state index in [2.05, 4.69) is 6.92 Å². The number of ether oxygens (including phenoxy) is 1. The molecule has 7 heteroatoms. The first-order valence-electron chi connectivity index (χ1n) is 10.1. The molecule has 0 aromatic heterocycles. The van der Waals surface area contributed by atoms with Gasteiger partial charge in [-0.05, 0) is 78.9 Å². The number of aliphatic imine (C=N–C) groups is 1. The van der Waals surface area contributed by atoms with Gasteiger partial charge in [-0.15, -0.1) is 0 Å². The first kappa shape index (κ1) is 22.5. The molecule has 0 bridgehead atoms. The van der Waals surface area contributed by atoms with Crippen molar-refractivity contribution in [3.05, 3.63) is 93.3 Å². The SMILES string of the molecule is CCCOc1ccccc1/C=C1\SC(=Nc2ccc(Cl)cc2)N(c2ccc(Cl)cc2)C1=O. The van der Waals surface area contributed by atoms with Crippen LogP contribution in [0.4, 0.5) is 11.4 Å². The third-order valence-electron chi connectivity index (χ3n) is 4.61. The molecule has 1 aliphatic rings. The summed E-state index contributed by atoms with van der Waals surface area (Å²) in [5.41, 5.74) is 2.25. The van der Waals surface area contributed by atoms with E-state index in [0.29, 0.717) is 38.1 Å². The number of nitrogens with zero attached hydrogens (tertiary/aromatic N) is 2. The van der Waals surface area contributed by atoms with E-state index in [1.165, 1.54) is 11.8 Å². The number of amides is 1. The highest BCUT2D eigenvalue weighted by Gasteiger charge is 2.35. The normalized spacial score (nSPS) is 16.2. The lowest BCUT2D eigenvalue weighted by atomic mass is 10.2. The third kappa shape index (κ3) is 5.18. The van der Waals surface area contributed by atoms with E-state index in [4.69, 9.17) is 32.9 Å². The zero-order chi connectivity index (χ0) is 22.5. The molecule has 1 amide bonds. The Kier molecular flexibility index (Phi) is 7.20. The standard InChI is InChI=1S/C25H20Cl2N2O2S/c1-2-15-31-22-6-4-3-5-17(22)16-23-24(30)29(21-13-9-19(27)10-14-21)25(32-23)28-20-11-7-18(26)8-12-20/h3-14,16H,2,15H2,1H3/b23-16-,28-25?. The van der Waals surface area contributed by atoms with Crippen LogP contribution in [0.5, 0.6) is 5.75 Å². The van der Waals surface area contributed by atoms with Gasteiger partial charge in [0.1, 0.15) is 5.75 Å². The molecule has 162 valence electrons. The van der Waals surface area contributed by atoms with Crippen LogP contribution < -0.4 is 9.64 Å². The number of halogens is 2. The van der Waals surface area contributed by atoms with Crippen molar-refractivity contribution in [1.82, 2.24) is 0 Å². The van der Waals surface area contributed by atoms with E-state index in [1.807, 2.05) is 42.5 Å². The van der Waals surface area contributed by atoms with Crippen molar-refractivity contribution in [1.29, 1.82) is 0 Å². The van der Waals surface area contributed by atoms with Crippen LogP contribution >= 0.6 is 35.0 Å². The zero-order valence-corrected chi connectivity index (χ0v) is 19.6. The molecular weight excluding hydrogens is 463 g/mol. The highest BCUT2D eigenvalue weighted by atomic mass is 35.5. The largest absolute Gasteiger partial charge is 0.493 e. The van der Waals surface area contributed by atoms with E-state index in [1.54, 1.807) is 41.3 Å². The van der Waals surface area contributed by atoms with Crippen LogP contribution in [0.1, 0.15) is 18.9 Å². The van der Waals surface area contributed by atoms with E-state index in [9.17, 15) is 4.79 Å². The van der Waals surface area contributed by atoms with Gasteiger partial charge in [0, 0.05) is 15.6 Å². The second-order valence-electron chi connectivity index (χ2n) is 6.98. The van der Waals surface area contributed by atoms with Crippen molar-refractivity contribution in [3.63, 3.8) is 0 Å². The second kappa shape index (κ2) is 10.3. The molecule has 0 aliphatic carbocycles. The summed E-state index contributed by atoms with van der Waals surface area (Å²) in [6.45, 7) is 2.67. The van der Waals surface area contributed by atoms with E-state index >= 15 is 0 Å². The van der Waals surface area contributed by atoms with Gasteiger partial charge in [-0.1, -0.05) is 48.3 Å². The van der Waals surface area contributed by atoms with Gasteiger partial charge in [-0.2, -0.15) is 0 Å². The van der Waals surface area contributed by atoms with Crippen LogP contribution in [0.2, 0.25) is 10.0 Å². The van der Waals surface area contributed by atoms with Crippen molar-refractivity contribution in [3.8, 4) is 5.75 Å². The van der Waals surface area contributed by atoms with E-state index in [-0.39, 0.29) is 5.91 Å². The zero-order valence-electron chi connectivity index (χ0n) is 17.3. The average Bonchev–Trinajstić information content (AvgIpc) is 3.10. The summed E-state index contributed by atoms with van der Waals surface area (Å²) in [5.74, 6) is 0.590. The summed E-state index contributed by atoms with van der Waals surface area (Å²) < 4.78 is 5.85. The number of amidine groups is 1. The molecule has 1 heterocycles. The Bertz CT molecular complexity index is 1180. The molecule has 32 heavy (non-hydrogen) atoms. The molecule has 4 rings (SSSR count). The summed E-state index contributed by atoms with van der Waals surface area (Å²) in [6.07, 6.45) is 2.76. The highest BCUT2D eigenvalue weighted by molar-refractivity contribution is 8.19. The molecule has 1 saturated heterocycles. The predicted molar refractivity (Wildman–Crippen MR) is 135 cm³/mol. The number of carbonyl (C=O) groups is 1. The van der Waals surface area contributed by atoms with Crippen LogP contribution in [0.3, 0.4) is 0 Å². The van der Waals surface area contributed by atoms with Gasteiger partial charge in [0.05, 0.1) is 22.9 Å². The first-order valence-corrected chi connectivity index (χ1v) is 11.7. The van der Waals surface area contributed by atoms with Gasteiger partial charge < -0.3 is 4.74 Å². The van der Waals surface area contributed by atoms with Crippen LogP contribution in [-0.4, -0.2) is 17.7 Å².